The van der Waals surface area contributed by atoms with Gasteiger partial charge in [-0.05, 0) is 59.2 Å². The molecule has 0 radical (unpaired) electrons. The molecule has 0 amide bonds. The molecular formula is C48H27F9N4. The zero-order valence-electron chi connectivity index (χ0n) is 31.3. The van der Waals surface area contributed by atoms with E-state index in [4.69, 9.17) is 15.0 Å². The molecule has 0 saturated heterocycles. The number of hydrogen-bond acceptors (Lipinski definition) is 3. The van der Waals surface area contributed by atoms with Crippen LogP contribution in [0.5, 0.6) is 0 Å². The lowest BCUT2D eigenvalue weighted by Crippen LogP contribution is -2.12. The summed E-state index contributed by atoms with van der Waals surface area (Å²) in [5.41, 5.74) is -1.29. The van der Waals surface area contributed by atoms with Crippen LogP contribution in [0.3, 0.4) is 0 Å². The second-order valence-corrected chi connectivity index (χ2v) is 14.2. The minimum atomic E-state index is -5.13. The molecule has 0 aliphatic rings. The molecule has 0 saturated carbocycles. The van der Waals surface area contributed by atoms with Crippen LogP contribution in [0.15, 0.2) is 164 Å². The number of alkyl halides is 9. The van der Waals surface area contributed by atoms with Gasteiger partial charge < -0.3 is 4.57 Å². The van der Waals surface area contributed by atoms with E-state index in [-0.39, 0.29) is 34.3 Å². The molecule has 0 spiro atoms. The normalized spacial score (nSPS) is 12.3. The van der Waals surface area contributed by atoms with Crippen molar-refractivity contribution in [1.82, 2.24) is 19.5 Å². The van der Waals surface area contributed by atoms with Crippen LogP contribution in [-0.2, 0) is 18.5 Å². The van der Waals surface area contributed by atoms with Crippen molar-refractivity contribution < 1.29 is 39.5 Å². The standard InChI is InChI=1S/C48H27F9N4/c49-46(50,51)32-21-23-33(39(27-32)48(55,56)57)30-20-24-41-37(25-30)35-16-8-10-18-40(35)61(41)42-26-31(19-22-36(42)34-15-7-9-17-38(34)47(52,53)54)45-59-43(28-11-3-1-4-12-28)58-44(60-45)29-13-5-2-6-14-29/h1-27H. The number of para-hydroxylation sites is 1. The van der Waals surface area contributed by atoms with E-state index in [9.17, 15) is 39.5 Å². The van der Waals surface area contributed by atoms with E-state index >= 15 is 0 Å². The summed E-state index contributed by atoms with van der Waals surface area (Å²) in [6.07, 6.45) is -14.9. The van der Waals surface area contributed by atoms with Gasteiger partial charge in [-0.2, -0.15) is 39.5 Å². The molecule has 2 heterocycles. The van der Waals surface area contributed by atoms with Gasteiger partial charge in [-0.3, -0.25) is 0 Å². The molecule has 4 nitrogen and oxygen atoms in total. The fourth-order valence-corrected chi connectivity index (χ4v) is 7.59. The third kappa shape index (κ3) is 7.36. The fraction of sp³-hybridized carbons (Fsp3) is 0.0625. The maximum atomic E-state index is 14.7. The number of fused-ring (bicyclic) bond motifs is 3. The zero-order chi connectivity index (χ0) is 42.7. The first-order valence-corrected chi connectivity index (χ1v) is 18.7. The van der Waals surface area contributed by atoms with Crippen LogP contribution in [-0.4, -0.2) is 19.5 Å². The molecule has 0 N–H and O–H groups in total. The summed E-state index contributed by atoms with van der Waals surface area (Å²) in [6.45, 7) is 0. The molecule has 9 rings (SSSR count). The first kappa shape index (κ1) is 39.2. The quantitative estimate of drug-likeness (QED) is 0.157. The third-order valence-electron chi connectivity index (χ3n) is 10.4. The molecule has 0 bridgehead atoms. The molecule has 13 heteroatoms. The Balaban J connectivity index is 1.32. The van der Waals surface area contributed by atoms with E-state index < -0.39 is 40.8 Å². The fourth-order valence-electron chi connectivity index (χ4n) is 7.59. The summed E-state index contributed by atoms with van der Waals surface area (Å²) in [6, 6.07) is 41.0. The summed E-state index contributed by atoms with van der Waals surface area (Å²) in [4.78, 5) is 14.4. The highest BCUT2D eigenvalue weighted by Gasteiger charge is 2.39. The Morgan fingerprint density at radius 3 is 1.49 bits per heavy atom. The van der Waals surface area contributed by atoms with Gasteiger partial charge in [0.2, 0.25) is 0 Å². The van der Waals surface area contributed by atoms with Gasteiger partial charge in [0.05, 0.1) is 33.4 Å². The van der Waals surface area contributed by atoms with Crippen LogP contribution in [0.25, 0.3) is 83.9 Å². The number of hydrogen-bond donors (Lipinski definition) is 0. The average molecular weight is 831 g/mol. The lowest BCUT2D eigenvalue weighted by molar-refractivity contribution is -0.143. The summed E-state index contributed by atoms with van der Waals surface area (Å²) in [7, 11) is 0. The molecule has 61 heavy (non-hydrogen) atoms. The minimum absolute atomic E-state index is 0.0140. The third-order valence-corrected chi connectivity index (χ3v) is 10.4. The maximum Gasteiger partial charge on any atom is 0.417 e. The smallest absolute Gasteiger partial charge is 0.309 e. The first-order chi connectivity index (χ1) is 29.1. The van der Waals surface area contributed by atoms with Crippen LogP contribution in [0.1, 0.15) is 16.7 Å². The number of halogens is 9. The second-order valence-electron chi connectivity index (χ2n) is 14.2. The van der Waals surface area contributed by atoms with Crippen molar-refractivity contribution in [2.45, 2.75) is 18.5 Å². The highest BCUT2D eigenvalue weighted by atomic mass is 19.4. The van der Waals surface area contributed by atoms with Gasteiger partial charge in [0.25, 0.3) is 0 Å². The molecule has 302 valence electrons. The lowest BCUT2D eigenvalue weighted by Gasteiger charge is -2.19. The predicted octanol–water partition coefficient (Wildman–Crippen LogP) is 14.4. The molecule has 0 aliphatic heterocycles. The van der Waals surface area contributed by atoms with Crippen molar-refractivity contribution in [2.75, 3.05) is 0 Å². The molecule has 0 fully saturated rings. The zero-order valence-corrected chi connectivity index (χ0v) is 31.3. The van der Waals surface area contributed by atoms with Crippen molar-refractivity contribution in [3.8, 4) is 62.1 Å². The summed E-state index contributed by atoms with van der Waals surface area (Å²) >= 11 is 0. The molecule has 0 atom stereocenters. The Bertz CT molecular complexity index is 3040. The van der Waals surface area contributed by atoms with Gasteiger partial charge in [-0.25, -0.2) is 15.0 Å². The molecule has 7 aromatic carbocycles. The highest BCUT2D eigenvalue weighted by molar-refractivity contribution is 6.11. The summed E-state index contributed by atoms with van der Waals surface area (Å²) in [5, 5.41) is 0.928. The Labute approximate surface area is 341 Å². The van der Waals surface area contributed by atoms with Crippen LogP contribution in [0, 0.1) is 0 Å². The SMILES string of the molecule is FC(F)(F)c1ccc(-c2ccc3c(c2)c2ccccc2n3-c2cc(-c3nc(-c4ccccc4)nc(-c4ccccc4)n3)ccc2-c2ccccc2C(F)(F)F)c(C(F)(F)F)c1. The van der Waals surface area contributed by atoms with Crippen molar-refractivity contribution in [1.29, 1.82) is 0 Å². The predicted molar refractivity (Wildman–Crippen MR) is 216 cm³/mol. The van der Waals surface area contributed by atoms with Gasteiger partial charge in [0.1, 0.15) is 0 Å². The largest absolute Gasteiger partial charge is 0.417 e. The van der Waals surface area contributed by atoms with E-state index in [2.05, 4.69) is 0 Å². The van der Waals surface area contributed by atoms with Crippen LogP contribution >= 0.6 is 0 Å². The van der Waals surface area contributed by atoms with Crippen LogP contribution < -0.4 is 0 Å². The Morgan fingerprint density at radius 1 is 0.344 bits per heavy atom. The lowest BCUT2D eigenvalue weighted by atomic mass is 9.95. The van der Waals surface area contributed by atoms with Crippen LogP contribution in [0.2, 0.25) is 0 Å². The van der Waals surface area contributed by atoms with Crippen molar-refractivity contribution >= 4 is 21.8 Å². The van der Waals surface area contributed by atoms with E-state index in [0.29, 0.717) is 56.2 Å². The van der Waals surface area contributed by atoms with Crippen molar-refractivity contribution in [3.63, 3.8) is 0 Å². The van der Waals surface area contributed by atoms with E-state index in [1.165, 1.54) is 36.4 Å². The van der Waals surface area contributed by atoms with Crippen molar-refractivity contribution in [3.05, 3.63) is 180 Å². The molecule has 0 unspecified atom stereocenters. The molecular weight excluding hydrogens is 804 g/mol. The summed E-state index contributed by atoms with van der Waals surface area (Å²) in [5.74, 6) is 0.918. The van der Waals surface area contributed by atoms with Gasteiger partial charge >= 0.3 is 18.5 Å². The molecule has 2 aromatic heterocycles. The number of nitrogens with zero attached hydrogens (tertiary/aromatic N) is 4. The van der Waals surface area contributed by atoms with E-state index in [1.807, 2.05) is 60.7 Å². The Morgan fingerprint density at radius 2 is 0.869 bits per heavy atom. The van der Waals surface area contributed by atoms with E-state index in [1.54, 1.807) is 47.0 Å². The highest BCUT2D eigenvalue weighted by Crippen LogP contribution is 2.45. The van der Waals surface area contributed by atoms with Crippen molar-refractivity contribution in [2.24, 2.45) is 0 Å². The van der Waals surface area contributed by atoms with Gasteiger partial charge in [-0.15, -0.1) is 0 Å². The topological polar surface area (TPSA) is 43.6 Å². The van der Waals surface area contributed by atoms with Gasteiger partial charge in [0, 0.05) is 33.0 Å². The second kappa shape index (κ2) is 14.8. The minimum Gasteiger partial charge on any atom is -0.309 e. The Hall–Kier alpha value is -7.28. The summed E-state index contributed by atoms with van der Waals surface area (Å²) < 4.78 is 130. The Kier molecular flexibility index (Phi) is 9.49. The monoisotopic (exact) mass is 830 g/mol. The number of rotatable bonds is 6. The maximum absolute atomic E-state index is 14.7. The first-order valence-electron chi connectivity index (χ1n) is 18.7. The van der Waals surface area contributed by atoms with Crippen LogP contribution in [0.4, 0.5) is 39.5 Å². The molecule has 0 aliphatic carbocycles. The number of benzene rings is 7. The average Bonchev–Trinajstić information content (AvgIpc) is 3.59. The van der Waals surface area contributed by atoms with E-state index in [0.717, 1.165) is 12.1 Å². The van der Waals surface area contributed by atoms with Gasteiger partial charge in [-0.1, -0.05) is 121 Å². The molecule has 9 aromatic rings. The van der Waals surface area contributed by atoms with Gasteiger partial charge in [0.15, 0.2) is 17.5 Å². The number of aromatic nitrogens is 4.